The number of para-hydroxylation sites is 1. The fourth-order valence-electron chi connectivity index (χ4n) is 1.44. The number of hydrogen-bond acceptors (Lipinski definition) is 4. The zero-order valence-electron chi connectivity index (χ0n) is 10.2. The first-order valence-corrected chi connectivity index (χ1v) is 8.25. The van der Waals surface area contributed by atoms with Gasteiger partial charge in [0.05, 0.1) is 5.75 Å². The summed E-state index contributed by atoms with van der Waals surface area (Å²) in [6.07, 6.45) is 2.55. The van der Waals surface area contributed by atoms with Gasteiger partial charge in [-0.25, -0.2) is 4.79 Å². The minimum Gasteiger partial charge on any atom is -0.480 e. The van der Waals surface area contributed by atoms with Crippen molar-refractivity contribution in [1.29, 1.82) is 0 Å². The molecule has 6 heteroatoms. The summed E-state index contributed by atoms with van der Waals surface area (Å²) < 4.78 is 10.8. The molecule has 0 spiro atoms. The van der Waals surface area contributed by atoms with Gasteiger partial charge in [0, 0.05) is 12.6 Å². The minimum absolute atomic E-state index is 0.144. The standard InChI is InChI=1S/C13H14INO3S/c14-12(17-10-4-2-1-3-5-10)6-7-19-9-11-8-15-13(16)18-11/h1-5,8,12H,6-7,9H2,(H,15,16). The number of rotatable bonds is 7. The molecule has 1 heterocycles. The van der Waals surface area contributed by atoms with Crippen molar-refractivity contribution in [2.75, 3.05) is 5.75 Å². The molecule has 0 amide bonds. The zero-order chi connectivity index (χ0) is 13.5. The lowest BCUT2D eigenvalue weighted by atomic mass is 10.3. The Labute approximate surface area is 129 Å². The summed E-state index contributed by atoms with van der Waals surface area (Å²) in [5.41, 5.74) is 0. The van der Waals surface area contributed by atoms with E-state index in [9.17, 15) is 4.79 Å². The van der Waals surface area contributed by atoms with E-state index in [1.807, 2.05) is 30.3 Å². The molecule has 1 aromatic heterocycles. The number of aromatic nitrogens is 1. The van der Waals surface area contributed by atoms with Crippen molar-refractivity contribution in [1.82, 2.24) is 4.98 Å². The van der Waals surface area contributed by atoms with Crippen molar-refractivity contribution < 1.29 is 9.15 Å². The summed E-state index contributed by atoms with van der Waals surface area (Å²) in [7, 11) is 0. The monoisotopic (exact) mass is 391 g/mol. The van der Waals surface area contributed by atoms with Crippen molar-refractivity contribution in [2.24, 2.45) is 0 Å². The maximum absolute atomic E-state index is 10.8. The van der Waals surface area contributed by atoms with E-state index in [2.05, 4.69) is 27.6 Å². The molecule has 19 heavy (non-hydrogen) atoms. The predicted octanol–water partition coefficient (Wildman–Crippen LogP) is 3.43. The van der Waals surface area contributed by atoms with Crippen LogP contribution in [0.1, 0.15) is 12.2 Å². The second-order valence-electron chi connectivity index (χ2n) is 3.83. The van der Waals surface area contributed by atoms with Gasteiger partial charge in [-0.3, -0.25) is 4.98 Å². The van der Waals surface area contributed by atoms with Gasteiger partial charge in [-0.05, 0) is 40.5 Å². The molecule has 0 fully saturated rings. The third kappa shape index (κ3) is 5.32. The fraction of sp³-hybridized carbons (Fsp3) is 0.308. The van der Waals surface area contributed by atoms with Crippen LogP contribution in [0.3, 0.4) is 0 Å². The first-order valence-electron chi connectivity index (χ1n) is 5.85. The number of H-pyrrole nitrogens is 1. The van der Waals surface area contributed by atoms with Crippen molar-refractivity contribution in [3.63, 3.8) is 0 Å². The lowest BCUT2D eigenvalue weighted by molar-refractivity contribution is 0.300. The van der Waals surface area contributed by atoms with Gasteiger partial charge in [0.2, 0.25) is 0 Å². The zero-order valence-corrected chi connectivity index (χ0v) is 13.1. The molecule has 0 aliphatic carbocycles. The fourth-order valence-corrected chi connectivity index (χ4v) is 3.34. The van der Waals surface area contributed by atoms with Gasteiger partial charge >= 0.3 is 5.76 Å². The number of oxazole rings is 1. The average Bonchev–Trinajstić information content (AvgIpc) is 2.82. The van der Waals surface area contributed by atoms with E-state index in [-0.39, 0.29) is 4.11 Å². The van der Waals surface area contributed by atoms with E-state index in [1.54, 1.807) is 18.0 Å². The van der Waals surface area contributed by atoms with E-state index >= 15 is 0 Å². The quantitative estimate of drug-likeness (QED) is 0.447. The van der Waals surface area contributed by atoms with Crippen LogP contribution in [-0.2, 0) is 5.75 Å². The van der Waals surface area contributed by atoms with Crippen molar-refractivity contribution in [2.45, 2.75) is 16.3 Å². The predicted molar refractivity (Wildman–Crippen MR) is 85.0 cm³/mol. The summed E-state index contributed by atoms with van der Waals surface area (Å²) >= 11 is 4.01. The summed E-state index contributed by atoms with van der Waals surface area (Å²) in [6.45, 7) is 0. The Morgan fingerprint density at radius 1 is 1.37 bits per heavy atom. The molecule has 1 unspecified atom stereocenters. The molecule has 1 N–H and O–H groups in total. The van der Waals surface area contributed by atoms with Gasteiger partial charge in [-0.1, -0.05) is 18.2 Å². The van der Waals surface area contributed by atoms with Crippen LogP contribution in [0.5, 0.6) is 5.75 Å². The first kappa shape index (κ1) is 14.5. The van der Waals surface area contributed by atoms with Crippen LogP contribution in [0.25, 0.3) is 0 Å². The highest BCUT2D eigenvalue weighted by Crippen LogP contribution is 2.19. The number of benzene rings is 1. The number of halogens is 1. The van der Waals surface area contributed by atoms with Gasteiger partial charge in [0.25, 0.3) is 0 Å². The van der Waals surface area contributed by atoms with E-state index in [0.29, 0.717) is 11.5 Å². The molecule has 0 radical (unpaired) electrons. The number of ether oxygens (including phenoxy) is 1. The lowest BCUT2D eigenvalue weighted by Crippen LogP contribution is -2.08. The Kier molecular flexibility index (Phi) is 5.84. The van der Waals surface area contributed by atoms with Crippen LogP contribution in [0.2, 0.25) is 0 Å². The third-order valence-electron chi connectivity index (χ3n) is 2.32. The first-order chi connectivity index (χ1) is 9.24. The van der Waals surface area contributed by atoms with E-state index < -0.39 is 5.76 Å². The maximum Gasteiger partial charge on any atom is 0.416 e. The normalized spacial score (nSPS) is 12.3. The maximum atomic E-state index is 10.8. The minimum atomic E-state index is -0.394. The number of nitrogens with one attached hydrogen (secondary N) is 1. The highest BCUT2D eigenvalue weighted by Gasteiger charge is 2.06. The van der Waals surface area contributed by atoms with E-state index in [4.69, 9.17) is 9.15 Å². The summed E-state index contributed by atoms with van der Waals surface area (Å²) in [5.74, 6) is 2.84. The van der Waals surface area contributed by atoms with Crippen LogP contribution in [-0.4, -0.2) is 14.8 Å². The largest absolute Gasteiger partial charge is 0.480 e. The molecule has 4 nitrogen and oxygen atoms in total. The second kappa shape index (κ2) is 7.64. The molecular weight excluding hydrogens is 377 g/mol. The molecule has 1 aromatic carbocycles. The highest BCUT2D eigenvalue weighted by molar-refractivity contribution is 14.1. The van der Waals surface area contributed by atoms with E-state index in [0.717, 1.165) is 17.9 Å². The highest BCUT2D eigenvalue weighted by atomic mass is 127. The Morgan fingerprint density at radius 2 is 2.16 bits per heavy atom. The number of hydrogen-bond donors (Lipinski definition) is 1. The Bertz CT molecular complexity index is 540. The van der Waals surface area contributed by atoms with Crippen LogP contribution in [0.4, 0.5) is 0 Å². The Hall–Kier alpha value is -0.890. The molecule has 0 saturated carbocycles. The number of aromatic amines is 1. The van der Waals surface area contributed by atoms with Crippen molar-refractivity contribution in [3.8, 4) is 5.75 Å². The summed E-state index contributed by atoms with van der Waals surface area (Å²) in [5, 5.41) is 0. The van der Waals surface area contributed by atoms with Crippen LogP contribution in [0, 0.1) is 0 Å². The molecule has 2 aromatic rings. The molecule has 0 aliphatic heterocycles. The molecule has 102 valence electrons. The van der Waals surface area contributed by atoms with Crippen LogP contribution >= 0.6 is 34.4 Å². The molecule has 0 aliphatic rings. The molecule has 0 saturated heterocycles. The second-order valence-corrected chi connectivity index (χ2v) is 6.32. The van der Waals surface area contributed by atoms with Gasteiger partial charge in [-0.15, -0.1) is 0 Å². The third-order valence-corrected chi connectivity index (χ3v) is 4.21. The van der Waals surface area contributed by atoms with Crippen molar-refractivity contribution >= 4 is 34.4 Å². The molecule has 0 bridgehead atoms. The van der Waals surface area contributed by atoms with Crippen LogP contribution < -0.4 is 10.5 Å². The van der Waals surface area contributed by atoms with E-state index in [1.165, 1.54) is 0 Å². The van der Waals surface area contributed by atoms with Crippen LogP contribution in [0.15, 0.2) is 45.7 Å². The lowest BCUT2D eigenvalue weighted by Gasteiger charge is -2.12. The summed E-state index contributed by atoms with van der Waals surface area (Å²) in [4.78, 5) is 13.3. The number of alkyl halides is 1. The molecule has 2 rings (SSSR count). The summed E-state index contributed by atoms with van der Waals surface area (Å²) in [6, 6.07) is 9.79. The van der Waals surface area contributed by atoms with Gasteiger partial charge in [-0.2, -0.15) is 11.8 Å². The number of thioether (sulfide) groups is 1. The Balaban J connectivity index is 1.64. The molecule has 1 atom stereocenters. The average molecular weight is 391 g/mol. The smallest absolute Gasteiger partial charge is 0.416 e. The van der Waals surface area contributed by atoms with Gasteiger partial charge < -0.3 is 9.15 Å². The van der Waals surface area contributed by atoms with Gasteiger partial charge in [0.1, 0.15) is 15.6 Å². The SMILES string of the molecule is O=c1[nH]cc(CSCCC(I)Oc2ccccc2)o1. The van der Waals surface area contributed by atoms with Crippen molar-refractivity contribution in [3.05, 3.63) is 52.8 Å². The van der Waals surface area contributed by atoms with Gasteiger partial charge in [0.15, 0.2) is 0 Å². The topological polar surface area (TPSA) is 55.2 Å². The Morgan fingerprint density at radius 3 is 2.84 bits per heavy atom. The molecular formula is C13H14INO3S.